The van der Waals surface area contributed by atoms with Crippen LogP contribution >= 0.6 is 0 Å². The van der Waals surface area contributed by atoms with Gasteiger partial charge in [-0.15, -0.1) is 0 Å². The summed E-state index contributed by atoms with van der Waals surface area (Å²) in [4.78, 5) is 56.6. The number of aliphatic hydroxyl groups is 4. The highest BCUT2D eigenvalue weighted by atomic mass is 16.8. The highest BCUT2D eigenvalue weighted by Gasteiger charge is 2.59. The van der Waals surface area contributed by atoms with Crippen molar-refractivity contribution in [2.75, 3.05) is 33.5 Å². The van der Waals surface area contributed by atoms with Crippen LogP contribution in [0.25, 0.3) is 0 Å². The molecule has 0 bridgehead atoms. The van der Waals surface area contributed by atoms with Gasteiger partial charge in [0.2, 0.25) is 0 Å². The van der Waals surface area contributed by atoms with Crippen molar-refractivity contribution in [2.24, 2.45) is 0 Å². The van der Waals surface area contributed by atoms with Crippen molar-refractivity contribution in [3.05, 3.63) is 215 Å². The third-order valence-electron chi connectivity index (χ3n) is 16.0. The molecule has 2 amide bonds. The molecule has 4 N–H and O–H groups in total. The summed E-state index contributed by atoms with van der Waals surface area (Å²) < 4.78 is 78.3. The number of hydrogen-bond donors (Lipinski definition) is 4. The normalized spacial score (nSPS) is 27.7. The Morgan fingerprint density at radius 3 is 1.46 bits per heavy atom. The zero-order valence-corrected chi connectivity index (χ0v) is 49.2. The van der Waals surface area contributed by atoms with Crippen LogP contribution in [0.5, 0.6) is 0 Å². The summed E-state index contributed by atoms with van der Waals surface area (Å²) in [6.07, 6.45) is -20.2. The van der Waals surface area contributed by atoms with Crippen LogP contribution in [0.1, 0.15) is 79.0 Å². The fourth-order valence-electron chi connectivity index (χ4n) is 11.3. The Hall–Kier alpha value is -7.16. The lowest BCUT2D eigenvalue weighted by Gasteiger charge is -2.51. The van der Waals surface area contributed by atoms with Gasteiger partial charge in [0, 0.05) is 13.0 Å². The van der Waals surface area contributed by atoms with Gasteiger partial charge < -0.3 is 77.3 Å². The lowest BCUT2D eigenvalue weighted by atomic mass is 9.94. The van der Waals surface area contributed by atoms with Crippen molar-refractivity contribution in [3.8, 4) is 0 Å². The average Bonchev–Trinajstić information content (AvgIpc) is 1.79. The number of fused-ring (bicyclic) bond motifs is 1. The molecule has 0 radical (unpaired) electrons. The number of hydrogen-bond acceptors (Lipinski definition) is 20. The molecule has 4 heterocycles. The van der Waals surface area contributed by atoms with Crippen molar-refractivity contribution in [2.45, 2.75) is 144 Å². The number of amides is 2. The first-order chi connectivity index (χ1) is 43.5. The standard InChI is InChI=1S/C68H75NO20/c1-78-53(72)34-18-7-21-35-80-66-54(69-63(75)48-32-19-20-33-49(48)64(69)76)58(55(73)50(36-70)84-66)88-68-62(87-65(77)47-30-16-6-17-31-47)59(56(74)51(37-71)85-68)89-67-61(83-41-46-28-14-5-15-29-46)60(82-40-45-26-12-4-13-27-45)57(81-39-44-24-10-3-11-25-44)52(86-67)42-79-38-43-22-8-2-9-23-43/h2-6,8-17,19-20,22-33,50-52,54-62,66-68,70-71,73-74H,7,18,21,34-42H2,1H3/t50-,51-,52-,54-,55-,56+,57-,58-,59+,60+,61-,62-,66-,67-,68+/m1/s1. The Morgan fingerprint density at radius 2 is 0.921 bits per heavy atom. The summed E-state index contributed by atoms with van der Waals surface area (Å²) in [6.45, 7) is -1.52. The van der Waals surface area contributed by atoms with E-state index < -0.39 is 123 Å². The number of carbonyl (C=O) groups excluding carboxylic acids is 4. The minimum atomic E-state index is -1.95. The number of nitrogens with zero attached hydrogens (tertiary/aromatic N) is 1. The summed E-state index contributed by atoms with van der Waals surface area (Å²) >= 11 is 0. The lowest BCUT2D eigenvalue weighted by Crippen LogP contribution is -2.70. The zero-order chi connectivity index (χ0) is 62.1. The van der Waals surface area contributed by atoms with Crippen LogP contribution in [0.15, 0.2) is 176 Å². The van der Waals surface area contributed by atoms with Crippen molar-refractivity contribution >= 4 is 23.8 Å². The molecule has 10 rings (SSSR count). The minimum absolute atomic E-state index is 0.0160. The second-order valence-corrected chi connectivity index (χ2v) is 22.0. The van der Waals surface area contributed by atoms with E-state index in [2.05, 4.69) is 0 Å². The molecule has 89 heavy (non-hydrogen) atoms. The highest BCUT2D eigenvalue weighted by molar-refractivity contribution is 6.21. The molecule has 3 saturated heterocycles. The molecular formula is C68H75NO20. The predicted molar refractivity (Wildman–Crippen MR) is 316 cm³/mol. The predicted octanol–water partition coefficient (Wildman–Crippen LogP) is 6.25. The number of rotatable bonds is 29. The maximum Gasteiger partial charge on any atom is 0.338 e. The number of methoxy groups -OCH3 is 1. The fourth-order valence-corrected chi connectivity index (χ4v) is 11.3. The number of esters is 2. The van der Waals surface area contributed by atoms with Crippen LogP contribution in [-0.4, -0.2) is 175 Å². The smallest absolute Gasteiger partial charge is 0.338 e. The molecule has 6 aromatic rings. The van der Waals surface area contributed by atoms with E-state index in [0.717, 1.165) is 27.2 Å². The molecule has 4 aliphatic heterocycles. The topological polar surface area (TPSA) is 263 Å². The number of imide groups is 1. The van der Waals surface area contributed by atoms with E-state index in [1.807, 2.05) is 121 Å². The number of ether oxygens (including phenoxy) is 12. The molecule has 0 aliphatic carbocycles. The molecule has 0 unspecified atom stereocenters. The SMILES string of the molecule is COC(=O)CCCCCO[C@@H]1O[C@H](CO)[C@@H](O)[C@H](O[C@@H]2O[C@H](CO)[C@H](O)[C@H](O[C@H]3O[C@H](COCc4ccccc4)[C@@H](OCc4ccccc4)[C@H](OCc4ccccc4)[C@H]3OCc3ccccc3)[C@H]2OC(=O)c2ccccc2)[C@H]1N1C(=O)c2ccccc2C1=O. The Kier molecular flexibility index (Phi) is 23.3. The van der Waals surface area contributed by atoms with Crippen LogP contribution in [-0.2, 0) is 88.1 Å². The van der Waals surface area contributed by atoms with Crippen LogP contribution < -0.4 is 0 Å². The second kappa shape index (κ2) is 32.0. The van der Waals surface area contributed by atoms with Crippen molar-refractivity contribution in [1.29, 1.82) is 0 Å². The number of unbranched alkanes of at least 4 members (excludes halogenated alkanes) is 2. The van der Waals surface area contributed by atoms with Crippen LogP contribution in [0.4, 0.5) is 0 Å². The van der Waals surface area contributed by atoms with Gasteiger partial charge in [0.15, 0.2) is 25.0 Å². The summed E-state index contributed by atoms with van der Waals surface area (Å²) in [5, 5.41) is 47.0. The van der Waals surface area contributed by atoms with E-state index in [-0.39, 0.29) is 68.7 Å². The molecule has 0 saturated carbocycles. The number of aliphatic hydroxyl groups excluding tert-OH is 4. The van der Waals surface area contributed by atoms with Crippen LogP contribution in [0.3, 0.4) is 0 Å². The summed E-state index contributed by atoms with van der Waals surface area (Å²) in [5.41, 5.74) is 3.44. The molecule has 472 valence electrons. The van der Waals surface area contributed by atoms with Gasteiger partial charge in [0.25, 0.3) is 11.8 Å². The van der Waals surface area contributed by atoms with Gasteiger partial charge in [0.05, 0.1) is 70.0 Å². The number of benzene rings is 6. The Bertz CT molecular complexity index is 3130. The summed E-state index contributed by atoms with van der Waals surface area (Å²) in [5.74, 6) is -2.92. The van der Waals surface area contributed by atoms with Gasteiger partial charge >= 0.3 is 11.9 Å². The average molecular weight is 1230 g/mol. The lowest BCUT2D eigenvalue weighted by molar-refractivity contribution is -0.381. The molecule has 3 fully saturated rings. The van der Waals surface area contributed by atoms with E-state index in [4.69, 9.17) is 56.8 Å². The van der Waals surface area contributed by atoms with Crippen LogP contribution in [0.2, 0.25) is 0 Å². The third-order valence-corrected chi connectivity index (χ3v) is 16.0. The molecule has 4 aliphatic rings. The van der Waals surface area contributed by atoms with Gasteiger partial charge in [-0.1, -0.05) is 158 Å². The Labute approximate surface area is 515 Å². The van der Waals surface area contributed by atoms with E-state index in [1.165, 1.54) is 31.4 Å². The van der Waals surface area contributed by atoms with Crippen LogP contribution in [0, 0.1) is 0 Å². The molecule has 15 atom stereocenters. The Morgan fingerprint density at radius 1 is 0.472 bits per heavy atom. The van der Waals surface area contributed by atoms with Crippen molar-refractivity contribution in [3.63, 3.8) is 0 Å². The molecule has 21 nitrogen and oxygen atoms in total. The molecule has 6 aromatic carbocycles. The Balaban J connectivity index is 1.05. The largest absolute Gasteiger partial charge is 0.469 e. The van der Waals surface area contributed by atoms with Crippen molar-refractivity contribution < 1.29 is 96.4 Å². The molecule has 21 heteroatoms. The van der Waals surface area contributed by atoms with Gasteiger partial charge in [0.1, 0.15) is 67.1 Å². The quantitative estimate of drug-likeness (QED) is 0.0230. The first-order valence-electron chi connectivity index (χ1n) is 29.9. The first kappa shape index (κ1) is 64.8. The maximum atomic E-state index is 14.6. The summed E-state index contributed by atoms with van der Waals surface area (Å²) in [6, 6.07) is 50.3. The second-order valence-electron chi connectivity index (χ2n) is 22.0. The summed E-state index contributed by atoms with van der Waals surface area (Å²) in [7, 11) is 1.30. The minimum Gasteiger partial charge on any atom is -0.469 e. The zero-order valence-electron chi connectivity index (χ0n) is 49.2. The van der Waals surface area contributed by atoms with Gasteiger partial charge in [-0.25, -0.2) is 4.79 Å². The maximum absolute atomic E-state index is 14.6. The van der Waals surface area contributed by atoms with E-state index in [1.54, 1.807) is 30.3 Å². The molecule has 0 aromatic heterocycles. The fraction of sp³-hybridized carbons (Fsp3) is 0.412. The highest BCUT2D eigenvalue weighted by Crippen LogP contribution is 2.40. The first-order valence-corrected chi connectivity index (χ1v) is 29.9. The number of carbonyl (C=O) groups is 4. The van der Waals surface area contributed by atoms with Gasteiger partial charge in [-0.05, 0) is 59.4 Å². The van der Waals surface area contributed by atoms with Gasteiger partial charge in [-0.2, -0.15) is 0 Å². The molecule has 0 spiro atoms. The third kappa shape index (κ3) is 16.3. The van der Waals surface area contributed by atoms with Crippen molar-refractivity contribution in [1.82, 2.24) is 4.90 Å². The van der Waals surface area contributed by atoms with E-state index in [0.29, 0.717) is 19.3 Å². The van der Waals surface area contributed by atoms with Gasteiger partial charge in [-0.3, -0.25) is 19.3 Å². The van der Waals surface area contributed by atoms with E-state index in [9.17, 15) is 39.6 Å². The van der Waals surface area contributed by atoms with E-state index >= 15 is 0 Å². The molecular weight excluding hydrogens is 1150 g/mol. The monoisotopic (exact) mass is 1230 g/mol.